The summed E-state index contributed by atoms with van der Waals surface area (Å²) in [4.78, 5) is 19.5. The standard InChI is InChI=1S/C9H7BrClN5O/c1-16-8(17)6(2-3-13-16)14-7-5(10)4-12-9(11)15-7/h2-4H,1H3,(H,12,14,15). The van der Waals surface area contributed by atoms with Crippen molar-refractivity contribution in [3.05, 3.63) is 38.6 Å². The Bertz CT molecular complexity index is 615. The number of rotatable bonds is 2. The first-order valence-electron chi connectivity index (χ1n) is 4.55. The molecule has 0 aliphatic carbocycles. The minimum absolute atomic E-state index is 0.0987. The zero-order valence-corrected chi connectivity index (χ0v) is 11.0. The summed E-state index contributed by atoms with van der Waals surface area (Å²) in [5.74, 6) is 0.424. The van der Waals surface area contributed by atoms with Gasteiger partial charge in [-0.15, -0.1) is 0 Å². The van der Waals surface area contributed by atoms with Crippen molar-refractivity contribution < 1.29 is 0 Å². The summed E-state index contributed by atoms with van der Waals surface area (Å²) in [6.45, 7) is 0. The van der Waals surface area contributed by atoms with Crippen LogP contribution in [0.4, 0.5) is 11.5 Å². The van der Waals surface area contributed by atoms with Crippen LogP contribution in [0.3, 0.4) is 0 Å². The summed E-state index contributed by atoms with van der Waals surface area (Å²) < 4.78 is 1.83. The number of halogens is 2. The molecule has 0 atom stereocenters. The van der Waals surface area contributed by atoms with Gasteiger partial charge in [0, 0.05) is 19.4 Å². The van der Waals surface area contributed by atoms with Gasteiger partial charge in [0.25, 0.3) is 5.56 Å². The van der Waals surface area contributed by atoms with Crippen LogP contribution in [0.25, 0.3) is 0 Å². The van der Waals surface area contributed by atoms with Crippen molar-refractivity contribution in [1.29, 1.82) is 0 Å². The maximum Gasteiger partial charge on any atom is 0.290 e. The Morgan fingerprint density at radius 1 is 1.53 bits per heavy atom. The van der Waals surface area contributed by atoms with Gasteiger partial charge in [-0.3, -0.25) is 4.79 Å². The van der Waals surface area contributed by atoms with Gasteiger partial charge in [-0.05, 0) is 33.6 Å². The highest BCUT2D eigenvalue weighted by Gasteiger charge is 2.07. The molecule has 2 aromatic heterocycles. The Hall–Kier alpha value is -1.47. The second-order valence-electron chi connectivity index (χ2n) is 3.13. The number of aromatic nitrogens is 4. The molecule has 88 valence electrons. The van der Waals surface area contributed by atoms with Crippen LogP contribution in [0.2, 0.25) is 5.28 Å². The van der Waals surface area contributed by atoms with Gasteiger partial charge in [0.2, 0.25) is 5.28 Å². The highest BCUT2D eigenvalue weighted by atomic mass is 79.9. The molecule has 8 heteroatoms. The van der Waals surface area contributed by atoms with E-state index in [0.717, 1.165) is 0 Å². The molecule has 0 saturated heterocycles. The first-order valence-corrected chi connectivity index (χ1v) is 5.72. The summed E-state index contributed by atoms with van der Waals surface area (Å²) in [6, 6.07) is 1.56. The third kappa shape index (κ3) is 2.62. The molecular weight excluding hydrogens is 309 g/mol. The van der Waals surface area contributed by atoms with E-state index < -0.39 is 0 Å². The molecule has 0 saturated carbocycles. The lowest BCUT2D eigenvalue weighted by Crippen LogP contribution is -2.21. The Balaban J connectivity index is 2.41. The zero-order chi connectivity index (χ0) is 12.4. The van der Waals surface area contributed by atoms with E-state index in [0.29, 0.717) is 16.0 Å². The van der Waals surface area contributed by atoms with Gasteiger partial charge in [0.15, 0.2) is 0 Å². The minimum atomic E-state index is -0.255. The molecule has 2 rings (SSSR count). The average molecular weight is 317 g/mol. The number of nitrogens with one attached hydrogen (secondary N) is 1. The van der Waals surface area contributed by atoms with Crippen molar-refractivity contribution >= 4 is 39.0 Å². The maximum absolute atomic E-state index is 11.7. The lowest BCUT2D eigenvalue weighted by Gasteiger charge is -2.07. The van der Waals surface area contributed by atoms with Gasteiger partial charge in [-0.2, -0.15) is 10.1 Å². The number of aryl methyl sites for hydroxylation is 1. The minimum Gasteiger partial charge on any atom is -0.335 e. The molecular formula is C9H7BrClN5O. The summed E-state index contributed by atoms with van der Waals surface area (Å²) in [7, 11) is 1.56. The van der Waals surface area contributed by atoms with E-state index >= 15 is 0 Å². The molecule has 2 aromatic rings. The van der Waals surface area contributed by atoms with Crippen LogP contribution in [0.15, 0.2) is 27.7 Å². The van der Waals surface area contributed by atoms with Gasteiger partial charge in [0.05, 0.1) is 4.47 Å². The third-order valence-electron chi connectivity index (χ3n) is 1.97. The van der Waals surface area contributed by atoms with E-state index in [1.54, 1.807) is 13.1 Å². The van der Waals surface area contributed by atoms with Crippen LogP contribution in [0, 0.1) is 0 Å². The van der Waals surface area contributed by atoms with Crippen LogP contribution in [-0.4, -0.2) is 19.7 Å². The van der Waals surface area contributed by atoms with Crippen molar-refractivity contribution in [1.82, 2.24) is 19.7 Å². The molecule has 0 radical (unpaired) electrons. The van der Waals surface area contributed by atoms with Crippen molar-refractivity contribution in [2.24, 2.45) is 7.05 Å². The van der Waals surface area contributed by atoms with Crippen LogP contribution in [0.5, 0.6) is 0 Å². The van der Waals surface area contributed by atoms with E-state index in [1.807, 2.05) is 0 Å². The van der Waals surface area contributed by atoms with Gasteiger partial charge < -0.3 is 5.32 Å². The highest BCUT2D eigenvalue weighted by Crippen LogP contribution is 2.22. The largest absolute Gasteiger partial charge is 0.335 e. The summed E-state index contributed by atoms with van der Waals surface area (Å²) in [6.07, 6.45) is 3.02. The molecule has 0 aromatic carbocycles. The molecule has 0 bridgehead atoms. The summed E-state index contributed by atoms with van der Waals surface area (Å²) in [5.41, 5.74) is 0.104. The number of anilines is 2. The molecule has 0 aliphatic heterocycles. The Morgan fingerprint density at radius 2 is 2.29 bits per heavy atom. The number of hydrogen-bond acceptors (Lipinski definition) is 5. The molecule has 6 nitrogen and oxygen atoms in total. The first kappa shape index (κ1) is 12.0. The van der Waals surface area contributed by atoms with Crippen molar-refractivity contribution in [3.8, 4) is 0 Å². The highest BCUT2D eigenvalue weighted by molar-refractivity contribution is 9.10. The number of hydrogen-bond donors (Lipinski definition) is 1. The molecule has 0 fully saturated rings. The average Bonchev–Trinajstić information content (AvgIpc) is 2.30. The molecule has 0 unspecified atom stereocenters. The van der Waals surface area contributed by atoms with Gasteiger partial charge in [-0.25, -0.2) is 9.67 Å². The van der Waals surface area contributed by atoms with E-state index in [1.165, 1.54) is 17.1 Å². The SMILES string of the molecule is Cn1nccc(Nc2nc(Cl)ncc2Br)c1=O. The molecule has 0 spiro atoms. The zero-order valence-electron chi connectivity index (χ0n) is 8.69. The molecule has 0 amide bonds. The lowest BCUT2D eigenvalue weighted by molar-refractivity contribution is 0.710. The Kier molecular flexibility index (Phi) is 3.39. The second-order valence-corrected chi connectivity index (χ2v) is 4.33. The molecule has 17 heavy (non-hydrogen) atoms. The molecule has 2 heterocycles. The molecule has 0 aliphatic rings. The van der Waals surface area contributed by atoms with Gasteiger partial charge >= 0.3 is 0 Å². The number of nitrogens with zero attached hydrogens (tertiary/aromatic N) is 4. The fourth-order valence-corrected chi connectivity index (χ4v) is 1.59. The van der Waals surface area contributed by atoms with Crippen molar-refractivity contribution in [2.75, 3.05) is 5.32 Å². The van der Waals surface area contributed by atoms with E-state index in [2.05, 4.69) is 36.3 Å². The summed E-state index contributed by atoms with van der Waals surface area (Å²) in [5, 5.41) is 6.78. The van der Waals surface area contributed by atoms with E-state index in [-0.39, 0.29) is 10.8 Å². The monoisotopic (exact) mass is 315 g/mol. The van der Waals surface area contributed by atoms with Crippen molar-refractivity contribution in [3.63, 3.8) is 0 Å². The fourth-order valence-electron chi connectivity index (χ4n) is 1.16. The van der Waals surface area contributed by atoms with Gasteiger partial charge in [0.1, 0.15) is 11.5 Å². The topological polar surface area (TPSA) is 72.7 Å². The quantitative estimate of drug-likeness (QED) is 0.854. The summed E-state index contributed by atoms with van der Waals surface area (Å²) >= 11 is 8.94. The predicted octanol–water partition coefficient (Wildman–Crippen LogP) is 1.73. The maximum atomic E-state index is 11.7. The normalized spacial score (nSPS) is 10.3. The van der Waals surface area contributed by atoms with Crippen LogP contribution in [0.1, 0.15) is 0 Å². The predicted molar refractivity (Wildman–Crippen MR) is 67.5 cm³/mol. The van der Waals surface area contributed by atoms with Crippen LogP contribution < -0.4 is 10.9 Å². The Labute approximate surface area is 110 Å². The smallest absolute Gasteiger partial charge is 0.290 e. The van der Waals surface area contributed by atoms with Crippen molar-refractivity contribution in [2.45, 2.75) is 0 Å². The van der Waals surface area contributed by atoms with Gasteiger partial charge in [-0.1, -0.05) is 0 Å². The van der Waals surface area contributed by atoms with E-state index in [4.69, 9.17) is 11.6 Å². The van der Waals surface area contributed by atoms with Crippen LogP contribution >= 0.6 is 27.5 Å². The Morgan fingerprint density at radius 3 is 3.06 bits per heavy atom. The third-order valence-corrected chi connectivity index (χ3v) is 2.74. The van der Waals surface area contributed by atoms with Crippen LogP contribution in [-0.2, 0) is 7.05 Å². The lowest BCUT2D eigenvalue weighted by atomic mass is 10.4. The van der Waals surface area contributed by atoms with E-state index in [9.17, 15) is 4.79 Å². The first-order chi connectivity index (χ1) is 8.08. The second kappa shape index (κ2) is 4.80. The molecule has 1 N–H and O–H groups in total. The fraction of sp³-hybridized carbons (Fsp3) is 0.111.